The molecule has 2 aromatic rings. The number of benzene rings is 1. The molecular formula is C13H14FN3O2. The molecule has 0 aliphatic carbocycles. The average molecular weight is 263 g/mol. The summed E-state index contributed by atoms with van der Waals surface area (Å²) in [6.45, 7) is 1.54. The fraction of sp³-hybridized carbons (Fsp3) is 0.231. The second-order valence-electron chi connectivity index (χ2n) is 4.08. The third-order valence-electron chi connectivity index (χ3n) is 2.75. The highest BCUT2D eigenvalue weighted by Gasteiger charge is 2.16. The molecule has 0 radical (unpaired) electrons. The predicted molar refractivity (Wildman–Crippen MR) is 67.5 cm³/mol. The Morgan fingerprint density at radius 3 is 2.84 bits per heavy atom. The molecule has 0 aliphatic heterocycles. The Morgan fingerprint density at radius 2 is 2.21 bits per heavy atom. The minimum Gasteiger partial charge on any atom is -0.389 e. The first-order valence-electron chi connectivity index (χ1n) is 5.79. The zero-order chi connectivity index (χ0) is 14.0. The molecule has 0 saturated carbocycles. The molecule has 100 valence electrons. The Bertz CT molecular complexity index is 608. The van der Waals surface area contributed by atoms with Crippen molar-refractivity contribution in [3.05, 3.63) is 47.5 Å². The molecule has 5 nitrogen and oxygen atoms in total. The molecule has 0 bridgehead atoms. The van der Waals surface area contributed by atoms with Crippen molar-refractivity contribution in [1.29, 1.82) is 0 Å². The van der Waals surface area contributed by atoms with E-state index in [0.29, 0.717) is 5.56 Å². The van der Waals surface area contributed by atoms with Crippen LogP contribution in [0.25, 0.3) is 5.69 Å². The van der Waals surface area contributed by atoms with E-state index in [4.69, 9.17) is 0 Å². The molecule has 0 saturated heterocycles. The molecule has 2 rings (SSSR count). The van der Waals surface area contributed by atoms with Gasteiger partial charge < -0.3 is 10.4 Å². The lowest BCUT2D eigenvalue weighted by molar-refractivity contribution is 0.0957. The second-order valence-corrected chi connectivity index (χ2v) is 4.08. The molecule has 6 heteroatoms. The van der Waals surface area contributed by atoms with Gasteiger partial charge in [0.15, 0.2) is 5.69 Å². The highest BCUT2D eigenvalue weighted by molar-refractivity contribution is 5.91. The van der Waals surface area contributed by atoms with E-state index in [1.807, 2.05) is 0 Å². The zero-order valence-corrected chi connectivity index (χ0v) is 10.6. The first-order valence-corrected chi connectivity index (χ1v) is 5.79. The number of carbonyl (C=O) groups is 1. The van der Waals surface area contributed by atoms with E-state index in [0.717, 1.165) is 0 Å². The van der Waals surface area contributed by atoms with Gasteiger partial charge in [0.05, 0.1) is 6.10 Å². The van der Waals surface area contributed by atoms with E-state index in [1.54, 1.807) is 13.0 Å². The van der Waals surface area contributed by atoms with Gasteiger partial charge in [0.25, 0.3) is 5.91 Å². The van der Waals surface area contributed by atoms with Gasteiger partial charge >= 0.3 is 0 Å². The zero-order valence-electron chi connectivity index (χ0n) is 10.6. The average Bonchev–Trinajstić information content (AvgIpc) is 2.86. The van der Waals surface area contributed by atoms with Gasteiger partial charge in [-0.25, -0.2) is 9.07 Å². The number of rotatable bonds is 3. The number of para-hydroxylation sites is 1. The lowest BCUT2D eigenvalue weighted by Gasteiger charge is -2.12. The number of hydrogen-bond donors (Lipinski definition) is 2. The van der Waals surface area contributed by atoms with E-state index in [1.165, 1.54) is 36.1 Å². The number of nitrogens with one attached hydrogen (secondary N) is 1. The normalized spacial score (nSPS) is 12.2. The number of aliphatic hydroxyl groups excluding tert-OH is 1. The summed E-state index contributed by atoms with van der Waals surface area (Å²) in [7, 11) is 1.49. The van der Waals surface area contributed by atoms with Gasteiger partial charge in [-0.15, -0.1) is 0 Å². The number of nitrogens with zero attached hydrogens (tertiary/aromatic N) is 2. The van der Waals surface area contributed by atoms with Crippen LogP contribution in [0.15, 0.2) is 30.5 Å². The number of halogens is 1. The second kappa shape index (κ2) is 5.19. The van der Waals surface area contributed by atoms with Crippen molar-refractivity contribution in [3.8, 4) is 5.69 Å². The van der Waals surface area contributed by atoms with Crippen molar-refractivity contribution in [3.63, 3.8) is 0 Å². The van der Waals surface area contributed by atoms with Crippen LogP contribution in [-0.2, 0) is 0 Å². The Morgan fingerprint density at radius 1 is 1.47 bits per heavy atom. The number of hydrogen-bond acceptors (Lipinski definition) is 3. The highest BCUT2D eigenvalue weighted by atomic mass is 19.1. The summed E-state index contributed by atoms with van der Waals surface area (Å²) in [6.07, 6.45) is 0.646. The molecule has 1 amide bonds. The monoisotopic (exact) mass is 263 g/mol. The van der Waals surface area contributed by atoms with E-state index in [-0.39, 0.29) is 17.3 Å². The fourth-order valence-electron chi connectivity index (χ4n) is 1.81. The molecule has 1 aromatic heterocycles. The van der Waals surface area contributed by atoms with Crippen LogP contribution in [0.3, 0.4) is 0 Å². The molecule has 1 heterocycles. The third kappa shape index (κ3) is 2.48. The summed E-state index contributed by atoms with van der Waals surface area (Å²) in [5, 5.41) is 16.1. The number of aromatic nitrogens is 2. The van der Waals surface area contributed by atoms with Crippen LogP contribution in [0.1, 0.15) is 29.1 Å². The molecule has 2 N–H and O–H groups in total. The molecule has 1 atom stereocenters. The number of amides is 1. The molecule has 19 heavy (non-hydrogen) atoms. The van der Waals surface area contributed by atoms with Crippen LogP contribution in [0.4, 0.5) is 4.39 Å². The van der Waals surface area contributed by atoms with Crippen LogP contribution in [0.5, 0.6) is 0 Å². The quantitative estimate of drug-likeness (QED) is 0.880. The van der Waals surface area contributed by atoms with Crippen LogP contribution >= 0.6 is 0 Å². The summed E-state index contributed by atoms with van der Waals surface area (Å²) in [4.78, 5) is 11.4. The Balaban J connectivity index is 2.53. The fourth-order valence-corrected chi connectivity index (χ4v) is 1.81. The maximum absolute atomic E-state index is 13.9. The van der Waals surface area contributed by atoms with Gasteiger partial charge in [0.1, 0.15) is 11.5 Å². The van der Waals surface area contributed by atoms with E-state index < -0.39 is 11.9 Å². The number of carbonyl (C=O) groups excluding carboxylic acids is 1. The first kappa shape index (κ1) is 13.2. The topological polar surface area (TPSA) is 67.2 Å². The Kier molecular flexibility index (Phi) is 3.62. The lowest BCUT2D eigenvalue weighted by Crippen LogP contribution is -2.18. The standard InChI is InChI=1S/C13H14FN3O2/c1-8(18)9-4-3-5-10(14)12(9)17-7-6-11(16-17)13(19)15-2/h3-8,18H,1-2H3,(H,15,19). The molecule has 0 fully saturated rings. The predicted octanol–water partition coefficient (Wildman–Crippen LogP) is 1.42. The molecule has 0 aliphatic rings. The van der Waals surface area contributed by atoms with Crippen molar-refractivity contribution in [2.45, 2.75) is 13.0 Å². The van der Waals surface area contributed by atoms with Crippen molar-refractivity contribution in [2.24, 2.45) is 0 Å². The smallest absolute Gasteiger partial charge is 0.271 e. The van der Waals surface area contributed by atoms with Gasteiger partial charge in [-0.2, -0.15) is 5.10 Å². The minimum atomic E-state index is -0.835. The van der Waals surface area contributed by atoms with E-state index in [9.17, 15) is 14.3 Å². The molecule has 1 unspecified atom stereocenters. The minimum absolute atomic E-state index is 0.146. The van der Waals surface area contributed by atoms with Gasteiger partial charge in [0, 0.05) is 18.8 Å². The highest BCUT2D eigenvalue weighted by Crippen LogP contribution is 2.24. The molecule has 1 aromatic carbocycles. The summed E-state index contributed by atoms with van der Waals surface area (Å²) in [6, 6.07) is 5.90. The third-order valence-corrected chi connectivity index (χ3v) is 2.75. The van der Waals surface area contributed by atoms with Crippen molar-refractivity contribution in [2.75, 3.05) is 7.05 Å². The Hall–Kier alpha value is -2.21. The van der Waals surface area contributed by atoms with Crippen LogP contribution in [0.2, 0.25) is 0 Å². The first-order chi connectivity index (χ1) is 9.04. The SMILES string of the molecule is CNC(=O)c1ccn(-c2c(F)cccc2C(C)O)n1. The summed E-state index contributed by atoms with van der Waals surface area (Å²) in [5.74, 6) is -0.862. The summed E-state index contributed by atoms with van der Waals surface area (Å²) < 4.78 is 15.2. The van der Waals surface area contributed by atoms with Gasteiger partial charge in [-0.3, -0.25) is 4.79 Å². The molecular weight excluding hydrogens is 249 g/mol. The van der Waals surface area contributed by atoms with Crippen molar-refractivity contribution in [1.82, 2.24) is 15.1 Å². The van der Waals surface area contributed by atoms with Crippen LogP contribution in [-0.4, -0.2) is 27.8 Å². The maximum Gasteiger partial charge on any atom is 0.271 e. The lowest BCUT2D eigenvalue weighted by atomic mass is 10.1. The van der Waals surface area contributed by atoms with Crippen LogP contribution < -0.4 is 5.32 Å². The van der Waals surface area contributed by atoms with Crippen molar-refractivity contribution < 1.29 is 14.3 Å². The maximum atomic E-state index is 13.9. The summed E-state index contributed by atoms with van der Waals surface area (Å²) >= 11 is 0. The molecule has 0 spiro atoms. The number of aliphatic hydroxyl groups is 1. The van der Waals surface area contributed by atoms with Gasteiger partial charge in [0.2, 0.25) is 0 Å². The summed E-state index contributed by atoms with van der Waals surface area (Å²) in [5.41, 5.74) is 0.738. The largest absolute Gasteiger partial charge is 0.389 e. The Labute approximate surface area is 109 Å². The van der Waals surface area contributed by atoms with Crippen molar-refractivity contribution >= 4 is 5.91 Å². The van der Waals surface area contributed by atoms with Gasteiger partial charge in [-0.1, -0.05) is 12.1 Å². The van der Waals surface area contributed by atoms with Gasteiger partial charge in [-0.05, 0) is 19.1 Å². The van der Waals surface area contributed by atoms with E-state index >= 15 is 0 Å². The van der Waals surface area contributed by atoms with Crippen LogP contribution in [0, 0.1) is 5.82 Å². The van der Waals surface area contributed by atoms with E-state index in [2.05, 4.69) is 10.4 Å².